The number of para-hydroxylation sites is 1. The molecule has 1 aromatic heterocycles. The van der Waals surface area contributed by atoms with Gasteiger partial charge in [-0.1, -0.05) is 48.0 Å². The van der Waals surface area contributed by atoms with E-state index >= 15 is 0 Å². The highest BCUT2D eigenvalue weighted by Gasteiger charge is 2.25. The Morgan fingerprint density at radius 3 is 2.72 bits per heavy atom. The van der Waals surface area contributed by atoms with Gasteiger partial charge in [0.2, 0.25) is 0 Å². The lowest BCUT2D eigenvalue weighted by atomic mass is 9.87. The number of fused-ring (bicyclic) bond motifs is 1. The predicted molar refractivity (Wildman–Crippen MR) is 117 cm³/mol. The molecular weight excluding hydrogens is 360 g/mol. The molecule has 3 aromatic rings. The first-order valence-electron chi connectivity index (χ1n) is 10.7. The van der Waals surface area contributed by atoms with E-state index in [1.807, 2.05) is 6.92 Å². The Labute approximate surface area is 172 Å². The highest BCUT2D eigenvalue weighted by atomic mass is 16.5. The molecule has 1 aliphatic heterocycles. The molecule has 0 bridgehead atoms. The SMILES string of the molecule is CCOC(=O)CC(c1cccc(C)c1)c1cn(C2CCNCC2)c2ccccc12. The summed E-state index contributed by atoms with van der Waals surface area (Å²) in [5.74, 6) is -0.153. The fourth-order valence-corrected chi connectivity index (χ4v) is 4.58. The number of nitrogens with zero attached hydrogens (tertiary/aromatic N) is 1. The maximum atomic E-state index is 12.5. The summed E-state index contributed by atoms with van der Waals surface area (Å²) in [6.07, 6.45) is 4.92. The first-order valence-corrected chi connectivity index (χ1v) is 10.7. The molecule has 0 aliphatic carbocycles. The van der Waals surface area contributed by atoms with Gasteiger partial charge in [-0.3, -0.25) is 4.79 Å². The molecule has 1 atom stereocenters. The molecule has 1 fully saturated rings. The van der Waals surface area contributed by atoms with E-state index < -0.39 is 0 Å². The van der Waals surface area contributed by atoms with E-state index in [-0.39, 0.29) is 11.9 Å². The topological polar surface area (TPSA) is 43.3 Å². The van der Waals surface area contributed by atoms with Gasteiger partial charge in [0.1, 0.15) is 0 Å². The Morgan fingerprint density at radius 2 is 1.97 bits per heavy atom. The quantitative estimate of drug-likeness (QED) is 0.605. The molecule has 2 heterocycles. The Kier molecular flexibility index (Phi) is 6.00. The molecule has 152 valence electrons. The molecule has 1 saturated heterocycles. The van der Waals surface area contributed by atoms with Crippen LogP contribution >= 0.6 is 0 Å². The van der Waals surface area contributed by atoms with Crippen molar-refractivity contribution in [3.05, 3.63) is 71.4 Å². The number of carbonyl (C=O) groups excluding carboxylic acids is 1. The van der Waals surface area contributed by atoms with Crippen molar-refractivity contribution in [2.75, 3.05) is 19.7 Å². The van der Waals surface area contributed by atoms with E-state index in [1.54, 1.807) is 0 Å². The maximum absolute atomic E-state index is 12.5. The van der Waals surface area contributed by atoms with Crippen LogP contribution in [0.2, 0.25) is 0 Å². The number of nitrogens with one attached hydrogen (secondary N) is 1. The molecule has 0 saturated carbocycles. The number of rotatable bonds is 6. The van der Waals surface area contributed by atoms with Crippen LogP contribution in [0.1, 0.15) is 54.8 Å². The molecule has 4 rings (SSSR count). The molecule has 1 aliphatic rings. The molecule has 0 amide bonds. The average molecular weight is 391 g/mol. The fraction of sp³-hybridized carbons (Fsp3) is 0.400. The lowest BCUT2D eigenvalue weighted by Crippen LogP contribution is -2.29. The first-order chi connectivity index (χ1) is 14.2. The van der Waals surface area contributed by atoms with Crippen molar-refractivity contribution in [2.45, 2.75) is 45.1 Å². The molecule has 4 nitrogen and oxygen atoms in total. The number of aromatic nitrogens is 1. The second kappa shape index (κ2) is 8.83. The third-order valence-corrected chi connectivity index (χ3v) is 5.97. The summed E-state index contributed by atoms with van der Waals surface area (Å²) in [4.78, 5) is 12.5. The zero-order valence-electron chi connectivity index (χ0n) is 17.4. The molecule has 2 aromatic carbocycles. The van der Waals surface area contributed by atoms with Crippen molar-refractivity contribution in [1.29, 1.82) is 0 Å². The van der Waals surface area contributed by atoms with Crippen molar-refractivity contribution in [3.63, 3.8) is 0 Å². The average Bonchev–Trinajstić information content (AvgIpc) is 3.12. The Morgan fingerprint density at radius 1 is 1.17 bits per heavy atom. The molecule has 1 unspecified atom stereocenters. The predicted octanol–water partition coefficient (Wildman–Crippen LogP) is 4.96. The summed E-state index contributed by atoms with van der Waals surface area (Å²) in [6.45, 7) is 6.48. The summed E-state index contributed by atoms with van der Waals surface area (Å²) in [5, 5.41) is 4.70. The summed E-state index contributed by atoms with van der Waals surface area (Å²) in [5.41, 5.74) is 4.86. The summed E-state index contributed by atoms with van der Waals surface area (Å²) in [6, 6.07) is 17.6. The van der Waals surface area contributed by atoms with Crippen LogP contribution in [0.4, 0.5) is 0 Å². The highest BCUT2D eigenvalue weighted by Crippen LogP contribution is 2.37. The van der Waals surface area contributed by atoms with Gasteiger partial charge in [-0.25, -0.2) is 0 Å². The van der Waals surface area contributed by atoms with Crippen molar-refractivity contribution < 1.29 is 9.53 Å². The van der Waals surface area contributed by atoms with Crippen LogP contribution in [-0.4, -0.2) is 30.2 Å². The zero-order valence-corrected chi connectivity index (χ0v) is 17.4. The van der Waals surface area contributed by atoms with Crippen molar-refractivity contribution >= 4 is 16.9 Å². The van der Waals surface area contributed by atoms with E-state index in [9.17, 15) is 4.79 Å². The van der Waals surface area contributed by atoms with Crippen LogP contribution in [0.15, 0.2) is 54.7 Å². The minimum absolute atomic E-state index is 0.0122. The number of hydrogen-bond acceptors (Lipinski definition) is 3. The standard InChI is InChI=1S/C25H30N2O2/c1-3-29-25(28)16-22(19-8-6-7-18(2)15-19)23-17-27(20-11-13-26-14-12-20)24-10-5-4-9-21(23)24/h4-10,15,17,20,22,26H,3,11-14,16H2,1-2H3. The Hall–Kier alpha value is -2.59. The van der Waals surface area contributed by atoms with Crippen LogP contribution in [0.5, 0.6) is 0 Å². The Balaban J connectivity index is 1.82. The van der Waals surface area contributed by atoms with E-state index in [1.165, 1.54) is 27.6 Å². The van der Waals surface area contributed by atoms with Crippen molar-refractivity contribution in [3.8, 4) is 0 Å². The van der Waals surface area contributed by atoms with E-state index in [0.717, 1.165) is 25.9 Å². The van der Waals surface area contributed by atoms with Crippen LogP contribution in [0, 0.1) is 6.92 Å². The number of hydrogen-bond donors (Lipinski definition) is 1. The number of esters is 1. The second-order valence-corrected chi connectivity index (χ2v) is 7.97. The number of benzene rings is 2. The van der Waals surface area contributed by atoms with Gasteiger partial charge in [-0.15, -0.1) is 0 Å². The van der Waals surface area contributed by atoms with Crippen LogP contribution in [0.3, 0.4) is 0 Å². The first kappa shape index (κ1) is 19.7. The second-order valence-electron chi connectivity index (χ2n) is 7.97. The lowest BCUT2D eigenvalue weighted by Gasteiger charge is -2.25. The molecule has 1 N–H and O–H groups in total. The van der Waals surface area contributed by atoms with Crippen LogP contribution < -0.4 is 5.32 Å². The summed E-state index contributed by atoms with van der Waals surface area (Å²) in [7, 11) is 0. The largest absolute Gasteiger partial charge is 0.466 e. The van der Waals surface area contributed by atoms with Gasteiger partial charge in [-0.05, 0) is 57.0 Å². The number of piperidine rings is 1. The van der Waals surface area contributed by atoms with E-state index in [4.69, 9.17) is 4.74 Å². The lowest BCUT2D eigenvalue weighted by molar-refractivity contribution is -0.143. The van der Waals surface area contributed by atoms with Gasteiger partial charge in [0.25, 0.3) is 0 Å². The third-order valence-electron chi connectivity index (χ3n) is 5.97. The van der Waals surface area contributed by atoms with Crippen LogP contribution in [0.25, 0.3) is 10.9 Å². The molecular formula is C25H30N2O2. The van der Waals surface area contributed by atoms with Crippen molar-refractivity contribution in [1.82, 2.24) is 9.88 Å². The van der Waals surface area contributed by atoms with E-state index in [2.05, 4.69) is 71.5 Å². The van der Waals surface area contributed by atoms with Gasteiger partial charge in [-0.2, -0.15) is 0 Å². The zero-order chi connectivity index (χ0) is 20.2. The fourth-order valence-electron chi connectivity index (χ4n) is 4.58. The minimum atomic E-state index is -0.141. The maximum Gasteiger partial charge on any atom is 0.306 e. The summed E-state index contributed by atoms with van der Waals surface area (Å²) >= 11 is 0. The van der Waals surface area contributed by atoms with Gasteiger partial charge < -0.3 is 14.6 Å². The smallest absolute Gasteiger partial charge is 0.306 e. The molecule has 0 spiro atoms. The van der Waals surface area contributed by atoms with Crippen LogP contribution in [-0.2, 0) is 9.53 Å². The van der Waals surface area contributed by atoms with Gasteiger partial charge in [0, 0.05) is 29.1 Å². The summed E-state index contributed by atoms with van der Waals surface area (Å²) < 4.78 is 7.77. The van der Waals surface area contributed by atoms with Gasteiger partial charge >= 0.3 is 5.97 Å². The minimum Gasteiger partial charge on any atom is -0.466 e. The molecule has 29 heavy (non-hydrogen) atoms. The number of aryl methyl sites for hydroxylation is 1. The van der Waals surface area contributed by atoms with Gasteiger partial charge in [0.05, 0.1) is 13.0 Å². The number of carbonyl (C=O) groups is 1. The highest BCUT2D eigenvalue weighted by molar-refractivity contribution is 5.86. The molecule has 0 radical (unpaired) electrons. The Bertz CT molecular complexity index is 985. The third kappa shape index (κ3) is 4.23. The molecule has 4 heteroatoms. The monoisotopic (exact) mass is 390 g/mol. The normalized spacial score (nSPS) is 16.1. The van der Waals surface area contributed by atoms with Crippen molar-refractivity contribution in [2.24, 2.45) is 0 Å². The van der Waals surface area contributed by atoms with Gasteiger partial charge in [0.15, 0.2) is 0 Å². The van der Waals surface area contributed by atoms with E-state index in [0.29, 0.717) is 19.1 Å². The number of ether oxygens (including phenoxy) is 1.